The molecule has 2 aromatic rings. The van der Waals surface area contributed by atoms with Gasteiger partial charge in [0.05, 0.1) is 0 Å². The molecule has 0 aliphatic heterocycles. The van der Waals surface area contributed by atoms with Crippen molar-refractivity contribution in [3.05, 3.63) is 54.1 Å². The maximum Gasteiger partial charge on any atom is 0.221 e. The summed E-state index contributed by atoms with van der Waals surface area (Å²) < 4.78 is 1.97. The van der Waals surface area contributed by atoms with Crippen LogP contribution < -0.4 is 5.32 Å². The molecule has 0 bridgehead atoms. The van der Waals surface area contributed by atoms with E-state index in [0.717, 1.165) is 11.4 Å². The van der Waals surface area contributed by atoms with Gasteiger partial charge in [-0.15, -0.1) is 0 Å². The van der Waals surface area contributed by atoms with Gasteiger partial charge in [-0.2, -0.15) is 0 Å². The van der Waals surface area contributed by atoms with E-state index in [1.54, 1.807) is 6.20 Å². The smallest absolute Gasteiger partial charge is 0.221 e. The number of hydrogen-bond acceptors (Lipinski definition) is 2. The van der Waals surface area contributed by atoms with Crippen LogP contribution in [0.3, 0.4) is 0 Å². The Hall–Kier alpha value is -2.10. The molecule has 1 aromatic heterocycles. The number of imidazole rings is 1. The molecule has 0 unspecified atom stereocenters. The molecule has 1 N–H and O–H groups in total. The predicted molar refractivity (Wildman–Crippen MR) is 86.2 cm³/mol. The van der Waals surface area contributed by atoms with Gasteiger partial charge in [0.2, 0.25) is 5.91 Å². The Morgan fingerprint density at radius 1 is 1.32 bits per heavy atom. The molecule has 1 heterocycles. The van der Waals surface area contributed by atoms with Crippen LogP contribution in [0.1, 0.15) is 49.5 Å². The van der Waals surface area contributed by atoms with Crippen LogP contribution in [0.4, 0.5) is 0 Å². The van der Waals surface area contributed by atoms with Crippen LogP contribution in [0.2, 0.25) is 0 Å². The minimum absolute atomic E-state index is 0.128. The van der Waals surface area contributed by atoms with Crippen LogP contribution in [0.25, 0.3) is 0 Å². The number of benzene rings is 1. The van der Waals surface area contributed by atoms with E-state index in [2.05, 4.69) is 10.3 Å². The molecule has 1 aliphatic rings. The summed E-state index contributed by atoms with van der Waals surface area (Å²) in [5.74, 6) is 1.55. The van der Waals surface area contributed by atoms with E-state index in [9.17, 15) is 4.79 Å². The zero-order valence-corrected chi connectivity index (χ0v) is 13.0. The number of nitrogens with one attached hydrogen (secondary N) is 1. The van der Waals surface area contributed by atoms with E-state index in [1.807, 2.05) is 48.1 Å². The van der Waals surface area contributed by atoms with Gasteiger partial charge < -0.3 is 9.88 Å². The van der Waals surface area contributed by atoms with Crippen molar-refractivity contribution < 1.29 is 4.79 Å². The highest BCUT2D eigenvalue weighted by Crippen LogP contribution is 2.28. The largest absolute Gasteiger partial charge is 0.342 e. The second kappa shape index (κ2) is 6.77. The number of rotatable bonds is 5. The van der Waals surface area contributed by atoms with Gasteiger partial charge in [0.25, 0.3) is 0 Å². The van der Waals surface area contributed by atoms with Gasteiger partial charge in [-0.1, -0.05) is 43.2 Å². The van der Waals surface area contributed by atoms with Crippen LogP contribution in [0.5, 0.6) is 0 Å². The minimum atomic E-state index is -0.185. The molecular weight excluding hydrogens is 274 g/mol. The third-order valence-electron chi connectivity index (χ3n) is 4.50. The lowest BCUT2D eigenvalue weighted by molar-refractivity contribution is -0.122. The Morgan fingerprint density at radius 2 is 2.05 bits per heavy atom. The van der Waals surface area contributed by atoms with Gasteiger partial charge in [0, 0.05) is 25.9 Å². The zero-order chi connectivity index (χ0) is 15.4. The fraction of sp³-hybridized carbons (Fsp3) is 0.444. The molecule has 3 rings (SSSR count). The van der Waals surface area contributed by atoms with Crippen molar-refractivity contribution in [3.63, 3.8) is 0 Å². The molecule has 0 radical (unpaired) electrons. The number of aromatic nitrogens is 2. The van der Waals surface area contributed by atoms with Crippen LogP contribution in [0.15, 0.2) is 42.7 Å². The lowest BCUT2D eigenvalue weighted by atomic mass is 10.0. The van der Waals surface area contributed by atoms with E-state index in [1.165, 1.54) is 25.7 Å². The Balaban J connectivity index is 1.77. The second-order valence-corrected chi connectivity index (χ2v) is 6.16. The second-order valence-electron chi connectivity index (χ2n) is 6.16. The molecule has 22 heavy (non-hydrogen) atoms. The number of carbonyl (C=O) groups is 1. The molecule has 4 heteroatoms. The third-order valence-corrected chi connectivity index (χ3v) is 4.50. The van der Waals surface area contributed by atoms with Gasteiger partial charge in [-0.05, 0) is 24.3 Å². The average molecular weight is 297 g/mol. The Bertz CT molecular complexity index is 614. The number of nitrogens with zero attached hydrogens (tertiary/aromatic N) is 2. The molecule has 1 aromatic carbocycles. The first-order chi connectivity index (χ1) is 10.7. The molecule has 1 atom stereocenters. The highest BCUT2D eigenvalue weighted by atomic mass is 16.1. The van der Waals surface area contributed by atoms with Crippen LogP contribution in [-0.4, -0.2) is 15.5 Å². The van der Waals surface area contributed by atoms with Crippen LogP contribution >= 0.6 is 0 Å². The van der Waals surface area contributed by atoms with E-state index in [4.69, 9.17) is 0 Å². The van der Waals surface area contributed by atoms with Gasteiger partial charge in [-0.25, -0.2) is 4.98 Å². The lowest BCUT2D eigenvalue weighted by Gasteiger charge is -2.20. The number of aryl methyl sites for hydroxylation is 1. The molecule has 1 aliphatic carbocycles. The number of carbonyl (C=O) groups excluding carboxylic acids is 1. The Labute approximate surface area is 131 Å². The van der Waals surface area contributed by atoms with E-state index < -0.39 is 0 Å². The van der Waals surface area contributed by atoms with Crippen LogP contribution in [0, 0.1) is 5.92 Å². The fourth-order valence-corrected chi connectivity index (χ4v) is 3.29. The number of hydrogen-bond donors (Lipinski definition) is 1. The highest BCUT2D eigenvalue weighted by molar-refractivity contribution is 5.77. The summed E-state index contributed by atoms with van der Waals surface area (Å²) in [6.07, 6.45) is 9.22. The SMILES string of the molecule is Cn1ccnc1[C@H](NC(=O)CC1CCCC1)c1ccccc1. The Kier molecular flexibility index (Phi) is 4.56. The fourth-order valence-electron chi connectivity index (χ4n) is 3.29. The monoisotopic (exact) mass is 297 g/mol. The van der Waals surface area contributed by atoms with Gasteiger partial charge in [0.15, 0.2) is 0 Å². The topological polar surface area (TPSA) is 46.9 Å². The maximum atomic E-state index is 12.4. The van der Waals surface area contributed by atoms with E-state index in [-0.39, 0.29) is 11.9 Å². The third kappa shape index (κ3) is 3.38. The first-order valence-corrected chi connectivity index (χ1v) is 8.05. The lowest BCUT2D eigenvalue weighted by Crippen LogP contribution is -2.32. The first-order valence-electron chi connectivity index (χ1n) is 8.05. The van der Waals surface area contributed by atoms with Crippen LogP contribution in [-0.2, 0) is 11.8 Å². The summed E-state index contributed by atoms with van der Waals surface area (Å²) >= 11 is 0. The predicted octanol–water partition coefficient (Wildman–Crippen LogP) is 3.21. The van der Waals surface area contributed by atoms with Gasteiger partial charge in [0.1, 0.15) is 11.9 Å². The molecule has 1 amide bonds. The van der Waals surface area contributed by atoms with E-state index in [0.29, 0.717) is 12.3 Å². The molecule has 0 saturated heterocycles. The molecule has 116 valence electrons. The minimum Gasteiger partial charge on any atom is -0.342 e. The molecule has 4 nitrogen and oxygen atoms in total. The zero-order valence-electron chi connectivity index (χ0n) is 13.0. The highest BCUT2D eigenvalue weighted by Gasteiger charge is 2.23. The maximum absolute atomic E-state index is 12.4. The summed E-state index contributed by atoms with van der Waals surface area (Å²) in [6, 6.07) is 9.86. The molecule has 0 spiro atoms. The van der Waals surface area contributed by atoms with Crippen molar-refractivity contribution in [2.75, 3.05) is 0 Å². The van der Waals surface area contributed by atoms with Crippen molar-refractivity contribution in [1.29, 1.82) is 0 Å². The summed E-state index contributed by atoms with van der Waals surface area (Å²) in [4.78, 5) is 16.9. The summed E-state index contributed by atoms with van der Waals surface area (Å²) in [5, 5.41) is 3.18. The summed E-state index contributed by atoms with van der Waals surface area (Å²) in [7, 11) is 1.96. The van der Waals surface area contributed by atoms with Gasteiger partial charge in [-0.3, -0.25) is 4.79 Å². The van der Waals surface area contributed by atoms with Gasteiger partial charge >= 0.3 is 0 Å². The normalized spacial score (nSPS) is 16.6. The summed E-state index contributed by atoms with van der Waals surface area (Å²) in [6.45, 7) is 0. The van der Waals surface area contributed by atoms with Crippen molar-refractivity contribution in [2.24, 2.45) is 13.0 Å². The van der Waals surface area contributed by atoms with Crippen molar-refractivity contribution >= 4 is 5.91 Å². The van der Waals surface area contributed by atoms with Crippen molar-refractivity contribution in [2.45, 2.75) is 38.1 Å². The van der Waals surface area contributed by atoms with Crippen molar-refractivity contribution in [3.8, 4) is 0 Å². The summed E-state index contributed by atoms with van der Waals surface area (Å²) in [5.41, 5.74) is 1.07. The van der Waals surface area contributed by atoms with Crippen molar-refractivity contribution in [1.82, 2.24) is 14.9 Å². The van der Waals surface area contributed by atoms with E-state index >= 15 is 0 Å². The quantitative estimate of drug-likeness (QED) is 0.921. The number of amides is 1. The standard InChI is InChI=1S/C18H23N3O/c1-21-12-11-19-18(21)17(15-9-3-2-4-10-15)20-16(22)13-14-7-5-6-8-14/h2-4,9-12,14,17H,5-8,13H2,1H3,(H,20,22)/t17-/m1/s1. The molecule has 1 fully saturated rings. The Morgan fingerprint density at radius 3 is 2.68 bits per heavy atom. The molecular formula is C18H23N3O. The first kappa shape index (κ1) is 14.8. The average Bonchev–Trinajstić information content (AvgIpc) is 3.17. The molecule has 1 saturated carbocycles.